The van der Waals surface area contributed by atoms with Crippen LogP contribution in [0.3, 0.4) is 0 Å². The highest BCUT2D eigenvalue weighted by atomic mass is 16.5. The van der Waals surface area contributed by atoms with E-state index in [-0.39, 0.29) is 24.7 Å². The maximum atomic E-state index is 13.0. The molecule has 1 aliphatic carbocycles. The summed E-state index contributed by atoms with van der Waals surface area (Å²) in [6.07, 6.45) is 4.64. The first-order chi connectivity index (χ1) is 18.5. The number of aromatic amines is 1. The Kier molecular flexibility index (Phi) is 7.86. The lowest BCUT2D eigenvalue weighted by molar-refractivity contribution is 0.0526. The maximum absolute atomic E-state index is 13.0. The van der Waals surface area contributed by atoms with E-state index in [2.05, 4.69) is 15.0 Å². The van der Waals surface area contributed by atoms with E-state index in [0.29, 0.717) is 47.4 Å². The van der Waals surface area contributed by atoms with Crippen LogP contribution in [0.1, 0.15) is 36.5 Å². The summed E-state index contributed by atoms with van der Waals surface area (Å²) in [5.74, 6) is 2.33. The molecule has 0 spiro atoms. The largest absolute Gasteiger partial charge is 0.488 e. The summed E-state index contributed by atoms with van der Waals surface area (Å²) in [7, 11) is 1.63. The Hall–Kier alpha value is -3.95. The lowest BCUT2D eigenvalue weighted by atomic mass is 9.91. The van der Waals surface area contributed by atoms with E-state index in [4.69, 9.17) is 14.2 Å². The zero-order valence-electron chi connectivity index (χ0n) is 21.6. The Morgan fingerprint density at radius 2 is 1.92 bits per heavy atom. The Morgan fingerprint density at radius 3 is 2.61 bits per heavy atom. The molecule has 1 saturated carbocycles. The number of aromatic nitrogens is 3. The average molecular weight is 517 g/mol. The molecule has 0 unspecified atom stereocenters. The number of nitrogens with one attached hydrogen (secondary N) is 1. The predicted octanol–water partition coefficient (Wildman–Crippen LogP) is 4.82. The molecule has 0 saturated heterocycles. The van der Waals surface area contributed by atoms with Crippen LogP contribution in [0.15, 0.2) is 60.8 Å². The minimum Gasteiger partial charge on any atom is -0.488 e. The zero-order valence-corrected chi connectivity index (χ0v) is 21.6. The number of carbonyl (C=O) groups is 1. The molecule has 38 heavy (non-hydrogen) atoms. The highest BCUT2D eigenvalue weighted by molar-refractivity contribution is 5.94. The molecule has 9 nitrogen and oxygen atoms in total. The molecular formula is C29H32N4O5. The van der Waals surface area contributed by atoms with Crippen molar-refractivity contribution in [2.75, 3.05) is 26.9 Å². The normalized spacial score (nSPS) is 14.2. The smallest absolute Gasteiger partial charge is 0.254 e. The highest BCUT2D eigenvalue weighted by Gasteiger charge is 2.29. The van der Waals surface area contributed by atoms with Gasteiger partial charge >= 0.3 is 0 Å². The van der Waals surface area contributed by atoms with E-state index in [9.17, 15) is 9.90 Å². The van der Waals surface area contributed by atoms with E-state index in [0.717, 1.165) is 30.3 Å². The molecule has 1 amide bonds. The van der Waals surface area contributed by atoms with Crippen molar-refractivity contribution < 1.29 is 24.1 Å². The molecule has 0 aliphatic heterocycles. The predicted molar refractivity (Wildman–Crippen MR) is 144 cm³/mol. The van der Waals surface area contributed by atoms with E-state index in [1.54, 1.807) is 42.5 Å². The Morgan fingerprint density at radius 1 is 1.13 bits per heavy atom. The van der Waals surface area contributed by atoms with Gasteiger partial charge in [-0.2, -0.15) is 0 Å². The van der Waals surface area contributed by atoms with Gasteiger partial charge in [0.1, 0.15) is 34.7 Å². The fraction of sp³-hybridized carbons (Fsp3) is 0.345. The quantitative estimate of drug-likeness (QED) is 0.294. The SMILES string of the molecule is COC[C@H](C)Oc1cc(Oc2ccc(C(=O)N(CCO)C3CCC3)cc2)cc(-c2nc3cccnc3[nH]2)c1. The van der Waals surface area contributed by atoms with Gasteiger partial charge in [0.05, 0.1) is 13.2 Å². The number of aliphatic hydroxyl groups is 1. The van der Waals surface area contributed by atoms with Crippen molar-refractivity contribution >= 4 is 17.1 Å². The first kappa shape index (κ1) is 25.7. The Bertz CT molecular complexity index is 1350. The van der Waals surface area contributed by atoms with Gasteiger partial charge in [-0.15, -0.1) is 0 Å². The second-order valence-corrected chi connectivity index (χ2v) is 9.47. The van der Waals surface area contributed by atoms with Crippen molar-refractivity contribution in [1.29, 1.82) is 0 Å². The van der Waals surface area contributed by atoms with Crippen LogP contribution >= 0.6 is 0 Å². The lowest BCUT2D eigenvalue weighted by Crippen LogP contribution is -2.45. The molecule has 5 rings (SSSR count). The van der Waals surface area contributed by atoms with Gasteiger partial charge in [0, 0.05) is 43.1 Å². The molecule has 0 bridgehead atoms. The average Bonchev–Trinajstić information content (AvgIpc) is 3.32. The Labute approximate surface area is 221 Å². The van der Waals surface area contributed by atoms with Crippen molar-refractivity contribution in [3.63, 3.8) is 0 Å². The van der Waals surface area contributed by atoms with Crippen molar-refractivity contribution in [2.24, 2.45) is 0 Å². The van der Waals surface area contributed by atoms with Crippen LogP contribution in [0.4, 0.5) is 0 Å². The minimum absolute atomic E-state index is 0.0472. The molecule has 2 heterocycles. The van der Waals surface area contributed by atoms with Crippen LogP contribution in [0.2, 0.25) is 0 Å². The van der Waals surface area contributed by atoms with Crippen molar-refractivity contribution in [3.8, 4) is 28.6 Å². The van der Waals surface area contributed by atoms with Crippen LogP contribution in [0, 0.1) is 0 Å². The van der Waals surface area contributed by atoms with Crippen LogP contribution in [0.5, 0.6) is 17.2 Å². The van der Waals surface area contributed by atoms with E-state index in [1.807, 2.05) is 37.3 Å². The van der Waals surface area contributed by atoms with Crippen LogP contribution < -0.4 is 9.47 Å². The zero-order chi connectivity index (χ0) is 26.5. The maximum Gasteiger partial charge on any atom is 0.254 e. The molecule has 4 aromatic rings. The molecule has 1 aliphatic rings. The van der Waals surface area contributed by atoms with Crippen LogP contribution in [0.25, 0.3) is 22.6 Å². The number of H-pyrrole nitrogens is 1. The van der Waals surface area contributed by atoms with Gasteiger partial charge in [0.2, 0.25) is 0 Å². The van der Waals surface area contributed by atoms with E-state index < -0.39 is 0 Å². The number of hydrogen-bond donors (Lipinski definition) is 2. The third kappa shape index (κ3) is 5.79. The van der Waals surface area contributed by atoms with Crippen molar-refractivity contribution in [2.45, 2.75) is 38.3 Å². The highest BCUT2D eigenvalue weighted by Crippen LogP contribution is 2.33. The number of benzene rings is 2. The topological polar surface area (TPSA) is 110 Å². The number of rotatable bonds is 11. The fourth-order valence-electron chi connectivity index (χ4n) is 4.54. The van der Waals surface area contributed by atoms with Crippen molar-refractivity contribution in [3.05, 3.63) is 66.4 Å². The number of carbonyl (C=O) groups excluding carboxylic acids is 1. The molecule has 0 radical (unpaired) electrons. The minimum atomic E-state index is -0.164. The lowest BCUT2D eigenvalue weighted by Gasteiger charge is -2.37. The number of nitrogens with zero attached hydrogens (tertiary/aromatic N) is 3. The van der Waals surface area contributed by atoms with Gasteiger partial charge in [0.25, 0.3) is 5.91 Å². The first-order valence-electron chi connectivity index (χ1n) is 12.9. The van der Waals surface area contributed by atoms with Gasteiger partial charge in [-0.1, -0.05) is 0 Å². The molecule has 1 fully saturated rings. The summed E-state index contributed by atoms with van der Waals surface area (Å²) >= 11 is 0. The Balaban J connectivity index is 1.39. The summed E-state index contributed by atoms with van der Waals surface area (Å²) in [5.41, 5.74) is 2.81. The summed E-state index contributed by atoms with van der Waals surface area (Å²) in [6, 6.07) is 16.6. The summed E-state index contributed by atoms with van der Waals surface area (Å²) < 4.78 is 17.5. The number of methoxy groups -OCH3 is 1. The summed E-state index contributed by atoms with van der Waals surface area (Å²) in [5, 5.41) is 9.42. The van der Waals surface area contributed by atoms with Gasteiger partial charge < -0.3 is 29.2 Å². The molecule has 2 N–H and O–H groups in total. The first-order valence-corrected chi connectivity index (χ1v) is 12.9. The number of ether oxygens (including phenoxy) is 3. The standard InChI is InChI=1S/C29H32N4O5/c1-19(18-36-2)37-24-15-21(27-31-26-7-4-12-30-28(26)32-27)16-25(17-24)38-23-10-8-20(9-11-23)29(35)33(13-14-34)22-5-3-6-22/h4,7-12,15-17,19,22,34H,3,5-6,13-14,18H2,1-2H3,(H,30,31,32)/t19-/m0/s1. The van der Waals surface area contributed by atoms with Crippen LogP contribution in [-0.2, 0) is 4.74 Å². The number of pyridine rings is 1. The van der Waals surface area contributed by atoms with E-state index >= 15 is 0 Å². The van der Waals surface area contributed by atoms with Gasteiger partial charge in [-0.05, 0) is 74.7 Å². The van der Waals surface area contributed by atoms with Crippen molar-refractivity contribution in [1.82, 2.24) is 19.9 Å². The second kappa shape index (κ2) is 11.6. The number of imidazole rings is 1. The molecule has 1 atom stereocenters. The number of aliphatic hydroxyl groups excluding tert-OH is 1. The molecule has 9 heteroatoms. The third-order valence-corrected chi connectivity index (χ3v) is 6.60. The molecule has 2 aromatic carbocycles. The van der Waals surface area contributed by atoms with Crippen LogP contribution in [-0.4, -0.2) is 69.9 Å². The monoisotopic (exact) mass is 516 g/mol. The summed E-state index contributed by atoms with van der Waals surface area (Å²) in [6.45, 7) is 2.67. The fourth-order valence-corrected chi connectivity index (χ4v) is 4.54. The number of amides is 1. The van der Waals surface area contributed by atoms with E-state index in [1.165, 1.54) is 0 Å². The molecule has 2 aromatic heterocycles. The molecular weight excluding hydrogens is 484 g/mol. The van der Waals surface area contributed by atoms with Gasteiger partial charge in [-0.25, -0.2) is 9.97 Å². The van der Waals surface area contributed by atoms with Gasteiger partial charge in [-0.3, -0.25) is 4.79 Å². The molecule has 198 valence electrons. The number of fused-ring (bicyclic) bond motifs is 1. The second-order valence-electron chi connectivity index (χ2n) is 9.47. The summed E-state index contributed by atoms with van der Waals surface area (Å²) in [4.78, 5) is 27.1. The number of hydrogen-bond acceptors (Lipinski definition) is 7. The third-order valence-electron chi connectivity index (χ3n) is 6.60. The van der Waals surface area contributed by atoms with Gasteiger partial charge in [0.15, 0.2) is 5.65 Å².